The zero-order valence-electron chi connectivity index (χ0n) is 20.6. The molecule has 184 valence electrons. The fourth-order valence-electron chi connectivity index (χ4n) is 2.20. The van der Waals surface area contributed by atoms with Gasteiger partial charge < -0.3 is 30.7 Å². The van der Waals surface area contributed by atoms with Crippen LogP contribution in [0.25, 0.3) is 0 Å². The third kappa shape index (κ3) is 16.0. The van der Waals surface area contributed by atoms with E-state index in [9.17, 15) is 19.2 Å². The van der Waals surface area contributed by atoms with Crippen LogP contribution in [0.5, 0.6) is 0 Å². The van der Waals surface area contributed by atoms with Gasteiger partial charge in [0.1, 0.15) is 23.3 Å². The molecule has 2 atom stereocenters. The lowest BCUT2D eigenvalue weighted by molar-refractivity contribution is -0.123. The van der Waals surface area contributed by atoms with Crippen LogP contribution in [0.3, 0.4) is 0 Å². The Labute approximate surface area is 191 Å². The van der Waals surface area contributed by atoms with Gasteiger partial charge in [-0.15, -0.1) is 0 Å². The third-order valence-electron chi connectivity index (χ3n) is 3.64. The molecule has 4 amide bonds. The maximum Gasteiger partial charge on any atom is 0.408 e. The van der Waals surface area contributed by atoms with Gasteiger partial charge in [-0.3, -0.25) is 9.59 Å². The van der Waals surface area contributed by atoms with Gasteiger partial charge in [-0.2, -0.15) is 0 Å². The summed E-state index contributed by atoms with van der Waals surface area (Å²) in [5, 5.41) is 10.4. The van der Waals surface area contributed by atoms with Gasteiger partial charge in [0, 0.05) is 13.1 Å². The van der Waals surface area contributed by atoms with E-state index in [0.717, 1.165) is 0 Å². The number of nitrogens with one attached hydrogen (secondary N) is 4. The normalized spacial score (nSPS) is 13.6. The van der Waals surface area contributed by atoms with Gasteiger partial charge in [0.15, 0.2) is 0 Å². The van der Waals surface area contributed by atoms with Gasteiger partial charge in [-0.1, -0.05) is 12.2 Å². The Bertz CT molecular complexity index is 608. The molecule has 4 N–H and O–H groups in total. The predicted octanol–water partition coefficient (Wildman–Crippen LogP) is 2.38. The van der Waals surface area contributed by atoms with Crippen LogP contribution < -0.4 is 21.3 Å². The van der Waals surface area contributed by atoms with Crippen LogP contribution in [0.4, 0.5) is 9.59 Å². The number of carbonyl (C=O) groups is 4. The summed E-state index contributed by atoms with van der Waals surface area (Å²) >= 11 is 0. The molecule has 0 heterocycles. The van der Waals surface area contributed by atoms with E-state index in [1.165, 1.54) is 0 Å². The Hall–Kier alpha value is -2.78. The quantitative estimate of drug-likeness (QED) is 0.294. The lowest BCUT2D eigenvalue weighted by Crippen LogP contribution is -2.46. The molecule has 0 radical (unpaired) electrons. The molecule has 0 bridgehead atoms. The highest BCUT2D eigenvalue weighted by Gasteiger charge is 2.21. The smallest absolute Gasteiger partial charge is 0.408 e. The minimum atomic E-state index is -0.708. The average molecular weight is 457 g/mol. The number of amides is 4. The first-order valence-corrected chi connectivity index (χ1v) is 10.8. The van der Waals surface area contributed by atoms with Gasteiger partial charge in [0.05, 0.1) is 0 Å². The molecule has 32 heavy (non-hydrogen) atoms. The number of hydrogen-bond acceptors (Lipinski definition) is 6. The maximum absolute atomic E-state index is 12.0. The molecule has 0 rings (SSSR count). The minimum Gasteiger partial charge on any atom is -0.444 e. The van der Waals surface area contributed by atoms with Crippen molar-refractivity contribution >= 4 is 24.0 Å². The van der Waals surface area contributed by atoms with Crippen molar-refractivity contribution in [1.82, 2.24) is 21.3 Å². The number of rotatable bonds is 10. The molecule has 0 aromatic heterocycles. The third-order valence-corrected chi connectivity index (χ3v) is 3.64. The molecule has 0 spiro atoms. The fourth-order valence-corrected chi connectivity index (χ4v) is 2.20. The first-order chi connectivity index (χ1) is 14.6. The van der Waals surface area contributed by atoms with E-state index in [0.29, 0.717) is 25.9 Å². The van der Waals surface area contributed by atoms with Crippen LogP contribution in [0, 0.1) is 0 Å². The van der Waals surface area contributed by atoms with Crippen LogP contribution in [0.1, 0.15) is 68.2 Å². The van der Waals surface area contributed by atoms with Crippen LogP contribution in [0.15, 0.2) is 12.2 Å². The van der Waals surface area contributed by atoms with Gasteiger partial charge in [-0.25, -0.2) is 9.59 Å². The molecule has 0 aromatic rings. The number of ether oxygens (including phenoxy) is 2. The first kappa shape index (κ1) is 29.2. The van der Waals surface area contributed by atoms with Gasteiger partial charge >= 0.3 is 12.2 Å². The van der Waals surface area contributed by atoms with E-state index in [4.69, 9.17) is 9.47 Å². The largest absolute Gasteiger partial charge is 0.444 e. The molecule has 0 saturated carbocycles. The summed E-state index contributed by atoms with van der Waals surface area (Å²) in [5.74, 6) is -0.606. The summed E-state index contributed by atoms with van der Waals surface area (Å²) in [5.41, 5.74) is -1.26. The van der Waals surface area contributed by atoms with E-state index in [2.05, 4.69) is 21.3 Å². The molecule has 0 aliphatic rings. The van der Waals surface area contributed by atoms with Crippen molar-refractivity contribution in [3.8, 4) is 0 Å². The zero-order valence-corrected chi connectivity index (χ0v) is 20.6. The second kappa shape index (κ2) is 13.6. The Morgan fingerprint density at radius 2 is 1.00 bits per heavy atom. The fraction of sp³-hybridized carbons (Fsp3) is 0.727. The van der Waals surface area contributed by atoms with Crippen molar-refractivity contribution < 1.29 is 28.7 Å². The standard InChI is InChI=1S/C22H40N4O6/c1-15(25-19(29)31-21(3,4)5)17(27)23-13-11-9-10-12-14-24-18(28)16(2)26-20(30)32-22(6,7)8/h9-10,15-16H,11-14H2,1-8H3,(H,23,27)(H,24,28)(H,25,29)(H,26,30)/t15-,16-/m0/s1. The van der Waals surface area contributed by atoms with Gasteiger partial charge in [0.25, 0.3) is 0 Å². The van der Waals surface area contributed by atoms with Crippen molar-refractivity contribution in [3.63, 3.8) is 0 Å². The van der Waals surface area contributed by atoms with E-state index >= 15 is 0 Å². The first-order valence-electron chi connectivity index (χ1n) is 10.8. The molecule has 0 saturated heterocycles. The molecule has 10 nitrogen and oxygen atoms in total. The topological polar surface area (TPSA) is 135 Å². The highest BCUT2D eigenvalue weighted by molar-refractivity contribution is 5.85. The highest BCUT2D eigenvalue weighted by atomic mass is 16.6. The number of hydrogen-bond donors (Lipinski definition) is 4. The maximum atomic E-state index is 12.0. The number of carbonyl (C=O) groups excluding carboxylic acids is 4. The van der Waals surface area contributed by atoms with Crippen molar-refractivity contribution in [3.05, 3.63) is 12.2 Å². The second-order valence-corrected chi connectivity index (χ2v) is 9.37. The van der Waals surface area contributed by atoms with E-state index in [-0.39, 0.29) is 11.8 Å². The van der Waals surface area contributed by atoms with E-state index in [1.54, 1.807) is 55.4 Å². The Balaban J connectivity index is 3.98. The summed E-state index contributed by atoms with van der Waals surface area (Å²) in [6, 6.07) is -1.42. The average Bonchev–Trinajstić information content (AvgIpc) is 2.59. The van der Waals surface area contributed by atoms with E-state index < -0.39 is 35.5 Å². The summed E-state index contributed by atoms with van der Waals surface area (Å²) in [7, 11) is 0. The minimum absolute atomic E-state index is 0.303. The summed E-state index contributed by atoms with van der Waals surface area (Å²) in [6.45, 7) is 14.5. The Morgan fingerprint density at radius 3 is 1.28 bits per heavy atom. The molecule has 0 aromatic carbocycles. The van der Waals surface area contributed by atoms with Gasteiger partial charge in [0.2, 0.25) is 11.8 Å². The van der Waals surface area contributed by atoms with Gasteiger partial charge in [-0.05, 0) is 68.2 Å². The van der Waals surface area contributed by atoms with Crippen molar-refractivity contribution in [2.24, 2.45) is 0 Å². The second-order valence-electron chi connectivity index (χ2n) is 9.37. The molecular weight excluding hydrogens is 416 g/mol. The van der Waals surface area contributed by atoms with Crippen molar-refractivity contribution in [2.75, 3.05) is 13.1 Å². The van der Waals surface area contributed by atoms with Crippen molar-refractivity contribution in [2.45, 2.75) is 91.5 Å². The summed E-state index contributed by atoms with van der Waals surface area (Å²) in [6.07, 6.45) is 3.71. The number of alkyl carbamates (subject to hydrolysis) is 2. The molecular formula is C22H40N4O6. The van der Waals surface area contributed by atoms with Crippen LogP contribution >= 0.6 is 0 Å². The SMILES string of the molecule is C[C@H](NC(=O)OC(C)(C)C)C(=O)NCCC=CCCNC(=O)[C@H](C)NC(=O)OC(C)(C)C. The van der Waals surface area contributed by atoms with Crippen LogP contribution in [0.2, 0.25) is 0 Å². The van der Waals surface area contributed by atoms with E-state index in [1.807, 2.05) is 12.2 Å². The Kier molecular flexibility index (Phi) is 12.4. The summed E-state index contributed by atoms with van der Waals surface area (Å²) < 4.78 is 10.2. The zero-order chi connectivity index (χ0) is 24.9. The Morgan fingerprint density at radius 1 is 0.688 bits per heavy atom. The highest BCUT2D eigenvalue weighted by Crippen LogP contribution is 2.07. The molecule has 0 aliphatic heterocycles. The molecule has 0 unspecified atom stereocenters. The lowest BCUT2D eigenvalue weighted by atomic mass is 10.2. The molecule has 0 fully saturated rings. The van der Waals surface area contributed by atoms with Crippen LogP contribution in [-0.2, 0) is 19.1 Å². The monoisotopic (exact) mass is 456 g/mol. The summed E-state index contributed by atoms with van der Waals surface area (Å²) in [4.78, 5) is 47.3. The van der Waals surface area contributed by atoms with Crippen LogP contribution in [-0.4, -0.2) is 60.4 Å². The molecule has 0 aliphatic carbocycles. The lowest BCUT2D eigenvalue weighted by Gasteiger charge is -2.21. The molecule has 10 heteroatoms. The van der Waals surface area contributed by atoms with Crippen molar-refractivity contribution in [1.29, 1.82) is 0 Å². The predicted molar refractivity (Wildman–Crippen MR) is 122 cm³/mol.